The molecule has 8 nitrogen and oxygen atoms in total. The quantitative estimate of drug-likeness (QED) is 0.608. The Morgan fingerprint density at radius 2 is 1.96 bits per heavy atom. The second-order valence-corrected chi connectivity index (χ2v) is 8.43. The van der Waals surface area contributed by atoms with E-state index in [0.717, 1.165) is 5.96 Å². The number of hydrogen-bond acceptors (Lipinski definition) is 5. The molecule has 1 aromatic carbocycles. The maximum absolute atomic E-state index is 12.5. The summed E-state index contributed by atoms with van der Waals surface area (Å²) >= 11 is 0. The van der Waals surface area contributed by atoms with Gasteiger partial charge >= 0.3 is 0 Å². The van der Waals surface area contributed by atoms with Crippen molar-refractivity contribution < 1.29 is 12.9 Å². The zero-order chi connectivity index (χ0) is 19.3. The van der Waals surface area contributed by atoms with E-state index in [4.69, 9.17) is 4.52 Å². The Morgan fingerprint density at radius 1 is 1.22 bits per heavy atom. The van der Waals surface area contributed by atoms with Crippen LogP contribution in [0.15, 0.2) is 46.1 Å². The van der Waals surface area contributed by atoms with E-state index in [2.05, 4.69) is 39.4 Å². The van der Waals surface area contributed by atoms with E-state index in [1.807, 2.05) is 12.1 Å². The van der Waals surface area contributed by atoms with Gasteiger partial charge in [0, 0.05) is 45.8 Å². The van der Waals surface area contributed by atoms with E-state index in [9.17, 15) is 8.42 Å². The summed E-state index contributed by atoms with van der Waals surface area (Å²) in [5, 5.41) is 7.06. The van der Waals surface area contributed by atoms with Gasteiger partial charge in [-0.05, 0) is 18.1 Å². The van der Waals surface area contributed by atoms with Crippen molar-refractivity contribution in [3.8, 4) is 0 Å². The van der Waals surface area contributed by atoms with E-state index in [0.29, 0.717) is 38.4 Å². The summed E-state index contributed by atoms with van der Waals surface area (Å²) < 4.78 is 31.3. The number of nitrogens with one attached hydrogen (secondary N) is 1. The molecule has 27 heavy (non-hydrogen) atoms. The van der Waals surface area contributed by atoms with E-state index < -0.39 is 10.0 Å². The lowest BCUT2D eigenvalue weighted by molar-refractivity contribution is 0.259. The van der Waals surface area contributed by atoms with Crippen LogP contribution in [0.4, 0.5) is 0 Å². The first-order chi connectivity index (χ1) is 13.0. The average molecular weight is 391 g/mol. The molecule has 1 aromatic heterocycles. The fourth-order valence-electron chi connectivity index (χ4n) is 3.08. The largest absolute Gasteiger partial charge is 0.364 e. The van der Waals surface area contributed by atoms with E-state index in [-0.39, 0.29) is 5.75 Å². The Kier molecular flexibility index (Phi) is 6.12. The number of benzene rings is 1. The van der Waals surface area contributed by atoms with Crippen molar-refractivity contribution in [3.05, 3.63) is 53.4 Å². The molecule has 1 aliphatic heterocycles. The number of piperazine rings is 1. The molecule has 1 N–H and O–H groups in total. The molecule has 0 unspecified atom stereocenters. The number of nitrogens with zero attached hydrogens (tertiary/aromatic N) is 4. The van der Waals surface area contributed by atoms with Gasteiger partial charge in [0.15, 0.2) is 5.96 Å². The normalized spacial score (nSPS) is 16.5. The second-order valence-electron chi connectivity index (χ2n) is 6.46. The number of rotatable bonds is 5. The van der Waals surface area contributed by atoms with Crippen LogP contribution in [0.3, 0.4) is 0 Å². The van der Waals surface area contributed by atoms with Gasteiger partial charge in [0.2, 0.25) is 10.0 Å². The first-order valence-corrected chi connectivity index (χ1v) is 10.5. The van der Waals surface area contributed by atoms with Gasteiger partial charge in [-0.2, -0.15) is 4.31 Å². The fourth-order valence-corrected chi connectivity index (χ4v) is 4.51. The van der Waals surface area contributed by atoms with Gasteiger partial charge < -0.3 is 14.7 Å². The number of aliphatic imine (C=N–C) groups is 1. The van der Waals surface area contributed by atoms with Crippen LogP contribution in [0, 0.1) is 6.92 Å². The number of guanidine groups is 1. The van der Waals surface area contributed by atoms with E-state index in [1.54, 1.807) is 13.1 Å². The first-order valence-electron chi connectivity index (χ1n) is 8.87. The van der Waals surface area contributed by atoms with Crippen molar-refractivity contribution >= 4 is 16.0 Å². The topological polar surface area (TPSA) is 91.0 Å². The van der Waals surface area contributed by atoms with Crippen LogP contribution >= 0.6 is 0 Å². The maximum atomic E-state index is 12.5. The molecular weight excluding hydrogens is 366 g/mol. The minimum Gasteiger partial charge on any atom is -0.364 e. The number of aryl methyl sites for hydroxylation is 1. The van der Waals surface area contributed by atoms with Crippen molar-refractivity contribution in [2.75, 3.05) is 33.2 Å². The maximum Gasteiger partial charge on any atom is 0.220 e. The highest BCUT2D eigenvalue weighted by Gasteiger charge is 2.28. The van der Waals surface area contributed by atoms with Gasteiger partial charge in [-0.1, -0.05) is 29.4 Å². The molecule has 0 atom stereocenters. The first kappa shape index (κ1) is 19.4. The van der Waals surface area contributed by atoms with Crippen LogP contribution in [0.25, 0.3) is 0 Å². The highest BCUT2D eigenvalue weighted by Crippen LogP contribution is 2.13. The van der Waals surface area contributed by atoms with Gasteiger partial charge in [-0.15, -0.1) is 0 Å². The van der Waals surface area contributed by atoms with Crippen LogP contribution in [-0.2, 0) is 22.3 Å². The minimum absolute atomic E-state index is 0.135. The molecule has 0 spiro atoms. The summed E-state index contributed by atoms with van der Waals surface area (Å²) in [7, 11) is -1.66. The molecule has 0 saturated carbocycles. The lowest BCUT2D eigenvalue weighted by atomic mass is 10.1. The van der Waals surface area contributed by atoms with Gasteiger partial charge in [0.25, 0.3) is 0 Å². The molecule has 1 saturated heterocycles. The van der Waals surface area contributed by atoms with Crippen molar-refractivity contribution in [1.82, 2.24) is 19.7 Å². The van der Waals surface area contributed by atoms with Gasteiger partial charge in [0.05, 0.1) is 5.69 Å². The smallest absolute Gasteiger partial charge is 0.220 e. The summed E-state index contributed by atoms with van der Waals surface area (Å²) in [6.45, 7) is 4.79. The molecule has 146 valence electrons. The predicted molar refractivity (Wildman–Crippen MR) is 104 cm³/mol. The van der Waals surface area contributed by atoms with Gasteiger partial charge in [-0.3, -0.25) is 4.99 Å². The van der Waals surface area contributed by atoms with Crippen LogP contribution in [-0.4, -0.2) is 62.0 Å². The Bertz CT molecular complexity index is 872. The third-order valence-corrected chi connectivity index (χ3v) is 6.48. The zero-order valence-electron chi connectivity index (χ0n) is 15.6. The monoisotopic (exact) mass is 391 g/mol. The van der Waals surface area contributed by atoms with Crippen molar-refractivity contribution in [2.45, 2.75) is 19.2 Å². The Labute approximate surface area is 159 Å². The van der Waals surface area contributed by atoms with Crippen molar-refractivity contribution in [3.63, 3.8) is 0 Å². The van der Waals surface area contributed by atoms with Gasteiger partial charge in [0.1, 0.15) is 12.0 Å². The molecule has 0 radical (unpaired) electrons. The highest BCUT2D eigenvalue weighted by atomic mass is 32.2. The van der Waals surface area contributed by atoms with Crippen LogP contribution < -0.4 is 5.32 Å². The van der Waals surface area contributed by atoms with Crippen molar-refractivity contribution in [1.29, 1.82) is 0 Å². The minimum atomic E-state index is -3.40. The Morgan fingerprint density at radius 3 is 2.59 bits per heavy atom. The lowest BCUT2D eigenvalue weighted by Gasteiger charge is -2.35. The zero-order valence-corrected chi connectivity index (χ0v) is 16.4. The third-order valence-electron chi connectivity index (χ3n) is 4.66. The van der Waals surface area contributed by atoms with E-state index >= 15 is 0 Å². The molecule has 0 bridgehead atoms. The van der Waals surface area contributed by atoms with E-state index in [1.165, 1.54) is 21.7 Å². The molecular formula is C18H25N5O3S. The van der Waals surface area contributed by atoms with Gasteiger partial charge in [-0.25, -0.2) is 8.42 Å². The van der Waals surface area contributed by atoms with Crippen LogP contribution in [0.5, 0.6) is 0 Å². The number of aromatic nitrogens is 1. The average Bonchev–Trinajstić information content (AvgIpc) is 3.16. The highest BCUT2D eigenvalue weighted by molar-refractivity contribution is 7.88. The van der Waals surface area contributed by atoms with Crippen LogP contribution in [0.2, 0.25) is 0 Å². The summed E-state index contributed by atoms with van der Waals surface area (Å²) in [6, 6.07) is 9.78. The molecule has 2 aromatic rings. The molecule has 0 amide bonds. The van der Waals surface area contributed by atoms with Crippen LogP contribution in [0.1, 0.15) is 16.8 Å². The summed E-state index contributed by atoms with van der Waals surface area (Å²) in [5.41, 5.74) is 2.87. The Balaban J connectivity index is 1.55. The SMILES string of the molecule is CN=C(NCc1ccccc1C)N1CCN(S(=O)(=O)Cc2ccon2)CC1. The summed E-state index contributed by atoms with van der Waals surface area (Å²) in [4.78, 5) is 6.43. The Hall–Kier alpha value is -2.39. The molecule has 1 fully saturated rings. The number of hydrogen-bond donors (Lipinski definition) is 1. The molecule has 9 heteroatoms. The molecule has 2 heterocycles. The standard InChI is InChI=1S/C18H25N5O3S/c1-15-5-3-4-6-16(15)13-20-18(19-2)22-8-10-23(11-9-22)27(24,25)14-17-7-12-26-21-17/h3-7,12H,8-11,13-14H2,1-2H3,(H,19,20). The second kappa shape index (κ2) is 8.53. The van der Waals surface area contributed by atoms with Crippen molar-refractivity contribution in [2.24, 2.45) is 4.99 Å². The molecule has 0 aliphatic carbocycles. The predicted octanol–water partition coefficient (Wildman–Crippen LogP) is 1.21. The molecule has 3 rings (SSSR count). The fraction of sp³-hybridized carbons (Fsp3) is 0.444. The number of sulfonamides is 1. The lowest BCUT2D eigenvalue weighted by Crippen LogP contribution is -2.53. The summed E-state index contributed by atoms with van der Waals surface area (Å²) in [5.74, 6) is 0.649. The third kappa shape index (κ3) is 4.86. The molecule has 1 aliphatic rings. The summed E-state index contributed by atoms with van der Waals surface area (Å²) in [6.07, 6.45) is 1.38.